The summed E-state index contributed by atoms with van der Waals surface area (Å²) in [5.41, 5.74) is 2.64. The second kappa shape index (κ2) is 8.41. The highest BCUT2D eigenvalue weighted by molar-refractivity contribution is 8.00. The minimum atomic E-state index is -0.177. The van der Waals surface area contributed by atoms with Crippen LogP contribution in [0.3, 0.4) is 0 Å². The number of hydrogen-bond acceptors (Lipinski definition) is 5. The summed E-state index contributed by atoms with van der Waals surface area (Å²) in [6, 6.07) is 17.7. The number of para-hydroxylation sites is 1. The first-order chi connectivity index (χ1) is 13.3. The minimum absolute atomic E-state index is 0.177. The van der Waals surface area contributed by atoms with Crippen molar-refractivity contribution >= 4 is 40.0 Å². The van der Waals surface area contributed by atoms with Crippen LogP contribution < -0.4 is 5.32 Å². The van der Waals surface area contributed by atoms with Gasteiger partial charge in [0.25, 0.3) is 5.91 Å². The van der Waals surface area contributed by atoms with Gasteiger partial charge in [-0.1, -0.05) is 30.3 Å². The number of carbonyl (C=O) groups excluding carboxylic acids is 1. The summed E-state index contributed by atoms with van der Waals surface area (Å²) in [6.45, 7) is 0.518. The van der Waals surface area contributed by atoms with Gasteiger partial charge in [0.05, 0.1) is 4.21 Å². The van der Waals surface area contributed by atoms with Crippen molar-refractivity contribution in [3.8, 4) is 0 Å². The van der Waals surface area contributed by atoms with Gasteiger partial charge in [-0.3, -0.25) is 9.78 Å². The molecule has 1 amide bonds. The molecule has 6 heteroatoms. The topological polar surface area (TPSA) is 55.1 Å². The number of rotatable bonds is 7. The lowest BCUT2D eigenvalue weighted by Gasteiger charge is -2.05. The van der Waals surface area contributed by atoms with Crippen molar-refractivity contribution in [2.75, 3.05) is 6.54 Å². The van der Waals surface area contributed by atoms with Crippen LogP contribution in [0.4, 0.5) is 0 Å². The number of nitrogens with one attached hydrogen (secondary N) is 1. The van der Waals surface area contributed by atoms with E-state index in [0.717, 1.165) is 22.2 Å². The van der Waals surface area contributed by atoms with Crippen LogP contribution in [-0.2, 0) is 12.2 Å². The number of furan rings is 1. The highest BCUT2D eigenvalue weighted by atomic mass is 32.2. The Morgan fingerprint density at radius 3 is 2.81 bits per heavy atom. The summed E-state index contributed by atoms with van der Waals surface area (Å²) in [7, 11) is 0. The summed E-state index contributed by atoms with van der Waals surface area (Å²) < 4.78 is 7.12. The molecular weight excluding hydrogens is 376 g/mol. The molecule has 0 unspecified atom stereocenters. The molecule has 0 atom stereocenters. The molecule has 0 fully saturated rings. The minimum Gasteiger partial charge on any atom is -0.451 e. The quantitative estimate of drug-likeness (QED) is 0.440. The van der Waals surface area contributed by atoms with Gasteiger partial charge in [-0.15, -0.1) is 23.1 Å². The maximum Gasteiger partial charge on any atom is 0.287 e. The summed E-state index contributed by atoms with van der Waals surface area (Å²) >= 11 is 3.42. The molecule has 4 nitrogen and oxygen atoms in total. The molecule has 0 bridgehead atoms. The number of benzene rings is 1. The van der Waals surface area contributed by atoms with Gasteiger partial charge in [0.2, 0.25) is 0 Å². The first-order valence-electron chi connectivity index (χ1n) is 8.66. The van der Waals surface area contributed by atoms with Crippen LogP contribution in [0.5, 0.6) is 0 Å². The van der Waals surface area contributed by atoms with E-state index in [0.29, 0.717) is 24.5 Å². The zero-order valence-electron chi connectivity index (χ0n) is 14.6. The molecule has 0 aliphatic rings. The lowest BCUT2D eigenvalue weighted by Crippen LogP contribution is -2.26. The third-order valence-corrected chi connectivity index (χ3v) is 6.31. The van der Waals surface area contributed by atoms with E-state index in [4.69, 9.17) is 4.42 Å². The van der Waals surface area contributed by atoms with Gasteiger partial charge in [0, 0.05) is 41.6 Å². The van der Waals surface area contributed by atoms with Crippen molar-refractivity contribution < 1.29 is 9.21 Å². The van der Waals surface area contributed by atoms with Crippen molar-refractivity contribution in [3.05, 3.63) is 83.2 Å². The molecule has 0 saturated carbocycles. The Bertz CT molecular complexity index is 1030. The predicted octanol–water partition coefficient (Wildman–Crippen LogP) is 5.15. The maximum atomic E-state index is 12.8. The first kappa shape index (κ1) is 17.8. The summed E-state index contributed by atoms with van der Waals surface area (Å²) in [6.07, 6.45) is 2.45. The van der Waals surface area contributed by atoms with Gasteiger partial charge in [0.1, 0.15) is 5.58 Å². The number of amides is 1. The van der Waals surface area contributed by atoms with Crippen LogP contribution >= 0.6 is 23.1 Å². The number of thiophene rings is 1. The van der Waals surface area contributed by atoms with E-state index in [2.05, 4.69) is 21.7 Å². The molecule has 0 aliphatic carbocycles. The fraction of sp³-hybridized carbons (Fsp3) is 0.143. The van der Waals surface area contributed by atoms with E-state index in [1.165, 1.54) is 4.21 Å². The first-order valence-corrected chi connectivity index (χ1v) is 10.5. The maximum absolute atomic E-state index is 12.8. The van der Waals surface area contributed by atoms with E-state index in [-0.39, 0.29) is 5.91 Å². The predicted molar refractivity (Wildman–Crippen MR) is 110 cm³/mol. The van der Waals surface area contributed by atoms with E-state index < -0.39 is 0 Å². The molecule has 27 heavy (non-hydrogen) atoms. The molecule has 0 aliphatic heterocycles. The molecule has 4 rings (SSSR count). The SMILES string of the molecule is O=C(NCCc1ccccn1)c1oc2ccccc2c1CSc1cccs1. The monoisotopic (exact) mass is 394 g/mol. The van der Waals surface area contributed by atoms with Gasteiger partial charge in [-0.25, -0.2) is 0 Å². The number of pyridine rings is 1. The fourth-order valence-corrected chi connectivity index (χ4v) is 4.66. The average molecular weight is 395 g/mol. The molecule has 1 aromatic carbocycles. The molecule has 3 aromatic heterocycles. The Hall–Kier alpha value is -2.57. The second-order valence-electron chi connectivity index (χ2n) is 5.95. The zero-order chi connectivity index (χ0) is 18.5. The van der Waals surface area contributed by atoms with Crippen LogP contribution in [0.1, 0.15) is 21.8 Å². The standard InChI is InChI=1S/C21H18N2O2S2/c24-21(23-12-10-15-6-3-4-11-22-15)20-17(14-27-19-9-5-13-26-19)16-7-1-2-8-18(16)25-20/h1-9,11,13H,10,12,14H2,(H,23,24). The third kappa shape index (κ3) is 4.23. The molecular formula is C21H18N2O2S2. The summed E-state index contributed by atoms with van der Waals surface area (Å²) in [5, 5.41) is 6.02. The third-order valence-electron chi connectivity index (χ3n) is 4.15. The summed E-state index contributed by atoms with van der Waals surface area (Å²) in [4.78, 5) is 17.0. The van der Waals surface area contributed by atoms with Crippen LogP contribution in [0.15, 0.2) is 74.8 Å². The van der Waals surface area contributed by atoms with Gasteiger partial charge in [-0.2, -0.15) is 0 Å². The smallest absolute Gasteiger partial charge is 0.287 e. The lowest BCUT2D eigenvalue weighted by atomic mass is 10.1. The number of thioether (sulfide) groups is 1. The molecule has 4 aromatic rings. The number of aromatic nitrogens is 1. The Morgan fingerprint density at radius 2 is 2.00 bits per heavy atom. The van der Waals surface area contributed by atoms with Crippen molar-refractivity contribution in [2.24, 2.45) is 0 Å². The molecule has 0 saturated heterocycles. The molecule has 3 heterocycles. The normalized spacial score (nSPS) is 11.0. The van der Waals surface area contributed by atoms with E-state index in [1.54, 1.807) is 29.3 Å². The fourth-order valence-electron chi connectivity index (χ4n) is 2.84. The van der Waals surface area contributed by atoms with Gasteiger partial charge in [-0.05, 0) is 29.6 Å². The van der Waals surface area contributed by atoms with Gasteiger partial charge in [0.15, 0.2) is 5.76 Å². The van der Waals surface area contributed by atoms with E-state index >= 15 is 0 Å². The van der Waals surface area contributed by atoms with Crippen LogP contribution in [0, 0.1) is 0 Å². The lowest BCUT2D eigenvalue weighted by molar-refractivity contribution is 0.0927. The van der Waals surface area contributed by atoms with Gasteiger partial charge >= 0.3 is 0 Å². The Labute approximate surface area is 165 Å². The molecule has 136 valence electrons. The Balaban J connectivity index is 1.50. The number of nitrogens with zero attached hydrogens (tertiary/aromatic N) is 1. The van der Waals surface area contributed by atoms with Crippen molar-refractivity contribution in [1.29, 1.82) is 0 Å². The second-order valence-corrected chi connectivity index (χ2v) is 8.18. The molecule has 0 spiro atoms. The zero-order valence-corrected chi connectivity index (χ0v) is 16.2. The van der Waals surface area contributed by atoms with Gasteiger partial charge < -0.3 is 9.73 Å². The van der Waals surface area contributed by atoms with Crippen molar-refractivity contribution in [2.45, 2.75) is 16.4 Å². The van der Waals surface area contributed by atoms with Crippen molar-refractivity contribution in [3.63, 3.8) is 0 Å². The van der Waals surface area contributed by atoms with Crippen LogP contribution in [0.25, 0.3) is 11.0 Å². The highest BCUT2D eigenvalue weighted by Gasteiger charge is 2.20. The molecule has 0 radical (unpaired) electrons. The number of hydrogen-bond donors (Lipinski definition) is 1. The summed E-state index contributed by atoms with van der Waals surface area (Å²) in [5.74, 6) is 0.922. The highest BCUT2D eigenvalue weighted by Crippen LogP contribution is 2.33. The Morgan fingerprint density at radius 1 is 1.11 bits per heavy atom. The van der Waals surface area contributed by atoms with E-state index in [9.17, 15) is 4.79 Å². The Kier molecular flexibility index (Phi) is 5.55. The average Bonchev–Trinajstić information content (AvgIpc) is 3.35. The largest absolute Gasteiger partial charge is 0.451 e. The van der Waals surface area contributed by atoms with E-state index in [1.807, 2.05) is 48.5 Å². The van der Waals surface area contributed by atoms with Crippen molar-refractivity contribution in [1.82, 2.24) is 10.3 Å². The number of carbonyl (C=O) groups is 1. The van der Waals surface area contributed by atoms with Crippen LogP contribution in [-0.4, -0.2) is 17.4 Å². The molecule has 1 N–H and O–H groups in total. The number of fused-ring (bicyclic) bond motifs is 1. The van der Waals surface area contributed by atoms with Crippen LogP contribution in [0.2, 0.25) is 0 Å².